The Balaban J connectivity index is 1.84. The summed E-state index contributed by atoms with van der Waals surface area (Å²) in [6, 6.07) is 10.8. The number of nitrogens with zero attached hydrogens (tertiary/aromatic N) is 4. The lowest BCUT2D eigenvalue weighted by atomic mass is 10.2. The maximum atomic E-state index is 12.7. The summed E-state index contributed by atoms with van der Waals surface area (Å²) in [6.45, 7) is 4.34. The van der Waals surface area contributed by atoms with Gasteiger partial charge >= 0.3 is 0 Å². The van der Waals surface area contributed by atoms with Gasteiger partial charge in [0, 0.05) is 29.5 Å². The maximum absolute atomic E-state index is 12.7. The Hall–Kier alpha value is -2.83. The molecule has 0 saturated carbocycles. The van der Waals surface area contributed by atoms with Gasteiger partial charge in [-0.1, -0.05) is 29.0 Å². The lowest BCUT2D eigenvalue weighted by molar-refractivity contribution is 0.0998. The van der Waals surface area contributed by atoms with Crippen LogP contribution in [0.5, 0.6) is 0 Å². The molecule has 0 fully saturated rings. The zero-order valence-corrected chi connectivity index (χ0v) is 15.2. The summed E-state index contributed by atoms with van der Waals surface area (Å²) in [5.74, 6) is -0.326. The molecule has 0 spiro atoms. The van der Waals surface area contributed by atoms with Crippen LogP contribution in [0, 0.1) is 0 Å². The largest absolute Gasteiger partial charge is 0.312 e. The molecule has 2 heterocycles. The summed E-state index contributed by atoms with van der Waals surface area (Å²) in [4.78, 5) is 26.1. The molecule has 4 aromatic rings. The quantitative estimate of drug-likeness (QED) is 0.500. The van der Waals surface area contributed by atoms with E-state index in [1.165, 1.54) is 11.3 Å². The van der Waals surface area contributed by atoms with Crippen molar-refractivity contribution in [3.63, 3.8) is 0 Å². The molecule has 4 rings (SSSR count). The first-order valence-corrected chi connectivity index (χ1v) is 9.05. The zero-order chi connectivity index (χ0) is 18.1. The highest BCUT2D eigenvalue weighted by molar-refractivity contribution is 7.16. The SMILES string of the molecule is C=CCn1c(=NC(=O)c2ccc3nccnc3c2)sc2cc(Cl)ccc21. The number of fused-ring (bicyclic) bond motifs is 2. The third kappa shape index (κ3) is 3.05. The van der Waals surface area contributed by atoms with E-state index in [4.69, 9.17) is 11.6 Å². The van der Waals surface area contributed by atoms with Crippen molar-refractivity contribution in [2.45, 2.75) is 6.54 Å². The summed E-state index contributed by atoms with van der Waals surface area (Å²) >= 11 is 7.50. The lowest BCUT2D eigenvalue weighted by Gasteiger charge is -2.01. The molecule has 7 heteroatoms. The molecule has 0 aliphatic rings. The molecule has 2 aromatic carbocycles. The van der Waals surface area contributed by atoms with Crippen molar-refractivity contribution in [1.82, 2.24) is 14.5 Å². The second-order valence-electron chi connectivity index (χ2n) is 5.57. The van der Waals surface area contributed by atoms with Crippen molar-refractivity contribution in [2.75, 3.05) is 0 Å². The molecule has 128 valence electrons. The summed E-state index contributed by atoms with van der Waals surface area (Å²) in [5, 5.41) is 0.649. The van der Waals surface area contributed by atoms with Gasteiger partial charge in [-0.2, -0.15) is 4.99 Å². The molecule has 26 heavy (non-hydrogen) atoms. The first kappa shape index (κ1) is 16.6. The van der Waals surface area contributed by atoms with Gasteiger partial charge in [-0.25, -0.2) is 0 Å². The third-order valence-electron chi connectivity index (χ3n) is 3.87. The van der Waals surface area contributed by atoms with Crippen molar-refractivity contribution in [3.8, 4) is 0 Å². The third-order valence-corrected chi connectivity index (χ3v) is 5.15. The van der Waals surface area contributed by atoms with Crippen LogP contribution in [0.3, 0.4) is 0 Å². The molecule has 5 nitrogen and oxygen atoms in total. The van der Waals surface area contributed by atoms with Gasteiger partial charge in [0.05, 0.1) is 21.3 Å². The Morgan fingerprint density at radius 1 is 1.19 bits per heavy atom. The number of hydrogen-bond donors (Lipinski definition) is 0. The zero-order valence-electron chi connectivity index (χ0n) is 13.6. The maximum Gasteiger partial charge on any atom is 0.279 e. The number of hydrogen-bond acceptors (Lipinski definition) is 4. The minimum atomic E-state index is -0.326. The van der Waals surface area contributed by atoms with E-state index in [0.717, 1.165) is 15.7 Å². The Bertz CT molecular complexity index is 1230. The van der Waals surface area contributed by atoms with Crippen molar-refractivity contribution in [3.05, 3.63) is 76.8 Å². The second-order valence-corrected chi connectivity index (χ2v) is 7.02. The van der Waals surface area contributed by atoms with E-state index >= 15 is 0 Å². The van der Waals surface area contributed by atoms with E-state index in [2.05, 4.69) is 21.5 Å². The highest BCUT2D eigenvalue weighted by Gasteiger charge is 2.10. The van der Waals surface area contributed by atoms with Gasteiger partial charge < -0.3 is 4.57 Å². The summed E-state index contributed by atoms with van der Waals surface area (Å²) < 4.78 is 2.91. The molecular weight excluding hydrogens is 368 g/mol. The van der Waals surface area contributed by atoms with E-state index in [9.17, 15) is 4.79 Å². The van der Waals surface area contributed by atoms with Gasteiger partial charge in [0.25, 0.3) is 5.91 Å². The van der Waals surface area contributed by atoms with E-state index in [0.29, 0.717) is 27.4 Å². The van der Waals surface area contributed by atoms with Crippen LogP contribution >= 0.6 is 22.9 Å². The van der Waals surface area contributed by atoms with Crippen LogP contribution in [0.15, 0.2) is 66.4 Å². The molecule has 0 aliphatic carbocycles. The molecule has 0 N–H and O–H groups in total. The van der Waals surface area contributed by atoms with Crippen LogP contribution in [0.4, 0.5) is 0 Å². The molecule has 1 amide bonds. The fourth-order valence-electron chi connectivity index (χ4n) is 2.69. The molecule has 0 atom stereocenters. The molecule has 2 aromatic heterocycles. The van der Waals surface area contributed by atoms with E-state index in [1.807, 2.05) is 22.8 Å². The van der Waals surface area contributed by atoms with Crippen molar-refractivity contribution in [2.24, 2.45) is 4.99 Å². The second kappa shape index (κ2) is 6.82. The predicted octanol–water partition coefficient (Wildman–Crippen LogP) is 4.23. The van der Waals surface area contributed by atoms with Gasteiger partial charge in [0.1, 0.15) is 0 Å². The van der Waals surface area contributed by atoms with Crippen molar-refractivity contribution >= 4 is 50.1 Å². The van der Waals surface area contributed by atoms with Gasteiger partial charge in [-0.3, -0.25) is 14.8 Å². The number of carbonyl (C=O) groups excluding carboxylic acids is 1. The number of carbonyl (C=O) groups is 1. The standard InChI is InChI=1S/C19H13ClN4OS/c1-2-9-24-16-6-4-13(20)11-17(16)26-19(24)23-18(25)12-3-5-14-15(10-12)22-8-7-21-14/h2-8,10-11H,1,9H2. The molecular formula is C19H13ClN4OS. The minimum Gasteiger partial charge on any atom is -0.312 e. The average molecular weight is 381 g/mol. The minimum absolute atomic E-state index is 0.326. The number of aromatic nitrogens is 3. The Morgan fingerprint density at radius 3 is 2.81 bits per heavy atom. The molecule has 0 aliphatic heterocycles. The Morgan fingerprint density at radius 2 is 2.00 bits per heavy atom. The topological polar surface area (TPSA) is 60.1 Å². The van der Waals surface area contributed by atoms with E-state index in [-0.39, 0.29) is 5.91 Å². The van der Waals surface area contributed by atoms with Crippen LogP contribution in [0.1, 0.15) is 10.4 Å². The van der Waals surface area contributed by atoms with Gasteiger partial charge in [-0.05, 0) is 36.4 Å². The molecule has 0 unspecified atom stereocenters. The number of amides is 1. The van der Waals surface area contributed by atoms with Gasteiger partial charge in [-0.15, -0.1) is 6.58 Å². The summed E-state index contributed by atoms with van der Waals surface area (Å²) in [7, 11) is 0. The fourth-order valence-corrected chi connectivity index (χ4v) is 4.00. The van der Waals surface area contributed by atoms with Crippen LogP contribution in [-0.4, -0.2) is 20.4 Å². The Kier molecular flexibility index (Phi) is 4.36. The number of thiazole rings is 1. The number of benzene rings is 2. The number of allylic oxidation sites excluding steroid dienone is 1. The predicted molar refractivity (Wildman–Crippen MR) is 104 cm³/mol. The molecule has 0 bridgehead atoms. The first-order valence-electron chi connectivity index (χ1n) is 7.85. The lowest BCUT2D eigenvalue weighted by Crippen LogP contribution is -2.16. The van der Waals surface area contributed by atoms with Crippen LogP contribution in [0.2, 0.25) is 5.02 Å². The first-order chi connectivity index (χ1) is 12.7. The highest BCUT2D eigenvalue weighted by Crippen LogP contribution is 2.22. The molecule has 0 radical (unpaired) electrons. The normalized spacial score (nSPS) is 12.0. The van der Waals surface area contributed by atoms with Gasteiger partial charge in [0.15, 0.2) is 4.80 Å². The summed E-state index contributed by atoms with van der Waals surface area (Å²) in [5.41, 5.74) is 2.84. The highest BCUT2D eigenvalue weighted by atomic mass is 35.5. The smallest absolute Gasteiger partial charge is 0.279 e. The van der Waals surface area contributed by atoms with Crippen LogP contribution in [0.25, 0.3) is 21.3 Å². The fraction of sp³-hybridized carbons (Fsp3) is 0.0526. The number of halogens is 1. The average Bonchev–Trinajstić information content (AvgIpc) is 2.98. The van der Waals surface area contributed by atoms with Crippen LogP contribution < -0.4 is 4.80 Å². The van der Waals surface area contributed by atoms with Crippen molar-refractivity contribution < 1.29 is 4.79 Å². The van der Waals surface area contributed by atoms with Gasteiger partial charge in [0.2, 0.25) is 0 Å². The van der Waals surface area contributed by atoms with E-state index < -0.39 is 0 Å². The van der Waals surface area contributed by atoms with E-state index in [1.54, 1.807) is 36.7 Å². The Labute approximate surface area is 157 Å². The monoisotopic (exact) mass is 380 g/mol. The number of rotatable bonds is 3. The summed E-state index contributed by atoms with van der Waals surface area (Å²) in [6.07, 6.45) is 4.99. The van der Waals surface area contributed by atoms with Crippen molar-refractivity contribution in [1.29, 1.82) is 0 Å². The molecule has 0 saturated heterocycles. The van der Waals surface area contributed by atoms with Crippen LogP contribution in [-0.2, 0) is 6.54 Å².